The van der Waals surface area contributed by atoms with Gasteiger partial charge in [0.1, 0.15) is 5.75 Å². The smallest absolute Gasteiger partial charge is 0.271 e. The van der Waals surface area contributed by atoms with Crippen LogP contribution in [0.1, 0.15) is 27.3 Å². The van der Waals surface area contributed by atoms with Gasteiger partial charge in [-0.05, 0) is 85.0 Å². The van der Waals surface area contributed by atoms with Crippen molar-refractivity contribution in [3.8, 4) is 11.4 Å². The average Bonchev–Trinajstić information content (AvgIpc) is 3.02. The molecular weight excluding hydrogens is 491 g/mol. The predicted octanol–water partition coefficient (Wildman–Crippen LogP) is 4.72. The van der Waals surface area contributed by atoms with Gasteiger partial charge in [-0.15, -0.1) is 0 Å². The molecule has 150 valence electrons. The molecule has 0 saturated carbocycles. The van der Waals surface area contributed by atoms with Crippen LogP contribution in [-0.2, 0) is 0 Å². The summed E-state index contributed by atoms with van der Waals surface area (Å²) >= 11 is 2.00. The number of aromatic nitrogens is 2. The number of carbonyl (C=O) groups excluding carboxylic acids is 1. The number of rotatable bonds is 4. The van der Waals surface area contributed by atoms with Gasteiger partial charge in [-0.2, -0.15) is 5.10 Å². The van der Waals surface area contributed by atoms with E-state index in [4.69, 9.17) is 0 Å². The van der Waals surface area contributed by atoms with Gasteiger partial charge in [0.2, 0.25) is 0 Å². The molecule has 0 aliphatic heterocycles. The summed E-state index contributed by atoms with van der Waals surface area (Å²) < 4.78 is 2.83. The fourth-order valence-electron chi connectivity index (χ4n) is 3.40. The van der Waals surface area contributed by atoms with Gasteiger partial charge in [0.25, 0.3) is 5.91 Å². The van der Waals surface area contributed by atoms with E-state index in [0.29, 0.717) is 9.13 Å². The molecule has 2 N–H and O–H groups in total. The number of phenolic OH excluding ortho intramolecular Hbond substituents is 1. The van der Waals surface area contributed by atoms with E-state index < -0.39 is 0 Å². The number of aryl methyl sites for hydroxylation is 1. The molecule has 0 unspecified atom stereocenters. The van der Waals surface area contributed by atoms with Crippen LogP contribution >= 0.6 is 22.6 Å². The summed E-state index contributed by atoms with van der Waals surface area (Å²) in [7, 11) is 0. The van der Waals surface area contributed by atoms with Crippen LogP contribution in [0.15, 0.2) is 65.9 Å². The molecule has 0 radical (unpaired) electrons. The summed E-state index contributed by atoms with van der Waals surface area (Å²) in [5.41, 5.74) is 7.84. The van der Waals surface area contributed by atoms with Crippen LogP contribution in [-0.4, -0.2) is 26.8 Å². The minimum Gasteiger partial charge on any atom is -0.507 e. The first-order valence-corrected chi connectivity index (χ1v) is 10.4. The molecule has 4 aromatic rings. The second-order valence-electron chi connectivity index (χ2n) is 6.91. The Morgan fingerprint density at radius 2 is 2.00 bits per heavy atom. The topological polar surface area (TPSA) is 79.5 Å². The molecule has 0 spiro atoms. The Kier molecular flexibility index (Phi) is 5.54. The average molecular weight is 510 g/mol. The lowest BCUT2D eigenvalue weighted by atomic mass is 10.2. The maximum absolute atomic E-state index is 12.3. The van der Waals surface area contributed by atoms with E-state index in [9.17, 15) is 9.90 Å². The molecule has 2 aromatic carbocycles. The SMILES string of the molecule is Cc1cc(/C=N\NC(=O)c2ccc(I)c(O)c2)c(C)n1-c1ccc2ncccc2c1. The molecule has 30 heavy (non-hydrogen) atoms. The third-order valence-electron chi connectivity index (χ3n) is 4.89. The first-order valence-electron chi connectivity index (χ1n) is 9.30. The maximum atomic E-state index is 12.3. The Balaban J connectivity index is 1.57. The quantitative estimate of drug-likeness (QED) is 0.237. The summed E-state index contributed by atoms with van der Waals surface area (Å²) in [6, 6.07) is 16.9. The Labute approximate surface area is 187 Å². The molecule has 0 aliphatic carbocycles. The molecule has 6 nitrogen and oxygen atoms in total. The minimum atomic E-state index is -0.381. The van der Waals surface area contributed by atoms with Crippen LogP contribution in [0.5, 0.6) is 5.75 Å². The molecule has 0 saturated heterocycles. The van der Waals surface area contributed by atoms with Gasteiger partial charge in [0.15, 0.2) is 0 Å². The number of amides is 1. The van der Waals surface area contributed by atoms with Crippen LogP contribution in [0, 0.1) is 17.4 Å². The van der Waals surface area contributed by atoms with Crippen molar-refractivity contribution < 1.29 is 9.90 Å². The summed E-state index contributed by atoms with van der Waals surface area (Å²) in [6.45, 7) is 4.05. The monoisotopic (exact) mass is 510 g/mol. The van der Waals surface area contributed by atoms with Crippen LogP contribution in [0.3, 0.4) is 0 Å². The maximum Gasteiger partial charge on any atom is 0.271 e. The third-order valence-corrected chi connectivity index (χ3v) is 5.81. The van der Waals surface area contributed by atoms with Gasteiger partial charge in [-0.1, -0.05) is 6.07 Å². The zero-order chi connectivity index (χ0) is 21.3. The van der Waals surface area contributed by atoms with Crippen LogP contribution in [0.2, 0.25) is 0 Å². The Morgan fingerprint density at radius 3 is 2.80 bits per heavy atom. The molecule has 0 fully saturated rings. The van der Waals surface area contributed by atoms with E-state index in [2.05, 4.69) is 26.1 Å². The minimum absolute atomic E-state index is 0.0707. The Bertz CT molecular complexity index is 1290. The van der Waals surface area contributed by atoms with Gasteiger partial charge in [0.05, 0.1) is 15.3 Å². The number of hydrogen-bond acceptors (Lipinski definition) is 4. The molecule has 4 rings (SSSR count). The number of halogens is 1. The van der Waals surface area contributed by atoms with E-state index in [1.165, 1.54) is 6.07 Å². The van der Waals surface area contributed by atoms with Crippen LogP contribution in [0.4, 0.5) is 0 Å². The number of nitrogens with zero attached hydrogens (tertiary/aromatic N) is 3. The van der Waals surface area contributed by atoms with Crippen molar-refractivity contribution >= 4 is 45.6 Å². The molecule has 0 aliphatic rings. The highest BCUT2D eigenvalue weighted by Crippen LogP contribution is 2.23. The van der Waals surface area contributed by atoms with Gasteiger partial charge in [0, 0.05) is 39.8 Å². The van der Waals surface area contributed by atoms with E-state index in [-0.39, 0.29) is 11.7 Å². The summed E-state index contributed by atoms with van der Waals surface area (Å²) in [4.78, 5) is 16.6. The van der Waals surface area contributed by atoms with Crippen LogP contribution < -0.4 is 5.43 Å². The Hall–Kier alpha value is -3.20. The zero-order valence-electron chi connectivity index (χ0n) is 16.4. The number of hydrogen-bond donors (Lipinski definition) is 2. The first-order chi connectivity index (χ1) is 14.4. The number of aromatic hydroxyl groups is 1. The second kappa shape index (κ2) is 8.27. The fraction of sp³-hybridized carbons (Fsp3) is 0.0870. The van der Waals surface area contributed by atoms with Crippen LogP contribution in [0.25, 0.3) is 16.6 Å². The largest absolute Gasteiger partial charge is 0.507 e. The molecular formula is C23H19IN4O2. The lowest BCUT2D eigenvalue weighted by Crippen LogP contribution is -2.17. The van der Waals surface area contributed by atoms with Gasteiger partial charge in [-0.25, -0.2) is 5.43 Å². The van der Waals surface area contributed by atoms with E-state index in [0.717, 1.165) is 33.5 Å². The Morgan fingerprint density at radius 1 is 1.17 bits per heavy atom. The highest BCUT2D eigenvalue weighted by Gasteiger charge is 2.11. The van der Waals surface area contributed by atoms with E-state index >= 15 is 0 Å². The molecule has 0 bridgehead atoms. The van der Waals surface area contributed by atoms with Crippen molar-refractivity contribution in [3.05, 3.63) is 86.9 Å². The zero-order valence-corrected chi connectivity index (χ0v) is 18.6. The normalized spacial score (nSPS) is 11.3. The predicted molar refractivity (Wildman–Crippen MR) is 126 cm³/mol. The standard InChI is InChI=1S/C23H19IN4O2/c1-14-10-18(13-26-27-23(30)17-5-7-20(24)22(29)12-17)15(2)28(14)19-6-8-21-16(11-19)4-3-9-25-21/h3-13,29H,1-2H3,(H,27,30)/b26-13-. The second-order valence-corrected chi connectivity index (χ2v) is 8.07. The van der Waals surface area contributed by atoms with E-state index in [1.807, 2.05) is 66.8 Å². The number of phenols is 1. The summed E-state index contributed by atoms with van der Waals surface area (Å²) in [6.07, 6.45) is 3.42. The molecule has 1 amide bonds. The van der Waals surface area contributed by atoms with Crippen molar-refractivity contribution in [1.82, 2.24) is 15.0 Å². The number of pyridine rings is 1. The third kappa shape index (κ3) is 3.93. The summed E-state index contributed by atoms with van der Waals surface area (Å²) in [5.74, 6) is -0.310. The van der Waals surface area contributed by atoms with Crippen molar-refractivity contribution in [2.45, 2.75) is 13.8 Å². The van der Waals surface area contributed by atoms with Gasteiger partial charge < -0.3 is 9.67 Å². The summed E-state index contributed by atoms with van der Waals surface area (Å²) in [5, 5.41) is 14.9. The first kappa shape index (κ1) is 20.1. The van der Waals surface area contributed by atoms with Crippen molar-refractivity contribution in [3.63, 3.8) is 0 Å². The van der Waals surface area contributed by atoms with Gasteiger partial charge in [-0.3, -0.25) is 9.78 Å². The fourth-order valence-corrected chi connectivity index (χ4v) is 3.73. The number of fused-ring (bicyclic) bond motifs is 1. The molecule has 0 atom stereocenters. The van der Waals surface area contributed by atoms with Crippen molar-refractivity contribution in [2.75, 3.05) is 0 Å². The molecule has 2 aromatic heterocycles. The lowest BCUT2D eigenvalue weighted by molar-refractivity contribution is 0.0954. The molecule has 7 heteroatoms. The van der Waals surface area contributed by atoms with Gasteiger partial charge >= 0.3 is 0 Å². The molecule has 2 heterocycles. The lowest BCUT2D eigenvalue weighted by Gasteiger charge is -2.10. The number of hydrazone groups is 1. The highest BCUT2D eigenvalue weighted by atomic mass is 127. The highest BCUT2D eigenvalue weighted by molar-refractivity contribution is 14.1. The number of nitrogens with one attached hydrogen (secondary N) is 1. The van der Waals surface area contributed by atoms with Crippen molar-refractivity contribution in [2.24, 2.45) is 5.10 Å². The van der Waals surface area contributed by atoms with Crippen molar-refractivity contribution in [1.29, 1.82) is 0 Å². The number of benzene rings is 2. The number of carbonyl (C=O) groups is 1. The van der Waals surface area contributed by atoms with E-state index in [1.54, 1.807) is 24.5 Å².